The molecule has 1 N–H and O–H groups in total. The van der Waals surface area contributed by atoms with Gasteiger partial charge in [-0.2, -0.15) is 0 Å². The molecular weight excluding hydrogens is 271 g/mol. The zero-order chi connectivity index (χ0) is 14.5. The van der Waals surface area contributed by atoms with Crippen LogP contribution in [0.15, 0.2) is 24.3 Å². The van der Waals surface area contributed by atoms with Crippen LogP contribution in [0.25, 0.3) is 0 Å². The van der Waals surface area contributed by atoms with Gasteiger partial charge in [0.05, 0.1) is 10.7 Å². The van der Waals surface area contributed by atoms with Crippen molar-refractivity contribution in [3.8, 4) is 0 Å². The van der Waals surface area contributed by atoms with Crippen LogP contribution in [0.1, 0.15) is 47.8 Å². The van der Waals surface area contributed by atoms with Crippen LogP contribution >= 0.6 is 11.3 Å². The maximum atomic E-state index is 13.2. The fraction of sp³-hybridized carbons (Fsp3) is 0.438. The molecule has 0 aliphatic heterocycles. The summed E-state index contributed by atoms with van der Waals surface area (Å²) in [5.74, 6) is 0.233. The van der Waals surface area contributed by atoms with E-state index in [-0.39, 0.29) is 5.82 Å². The highest BCUT2D eigenvalue weighted by atomic mass is 32.1. The molecule has 0 amide bonds. The van der Waals surface area contributed by atoms with Gasteiger partial charge in [0.25, 0.3) is 0 Å². The average molecular weight is 292 g/mol. The number of nitrogens with zero attached hydrogens (tertiary/aromatic N) is 1. The van der Waals surface area contributed by atoms with Crippen LogP contribution in [0.2, 0.25) is 0 Å². The molecule has 0 aliphatic carbocycles. The van der Waals surface area contributed by atoms with Gasteiger partial charge >= 0.3 is 0 Å². The molecular formula is C16H21FN2S. The second kappa shape index (κ2) is 6.95. The van der Waals surface area contributed by atoms with Gasteiger partial charge in [-0.25, -0.2) is 9.37 Å². The Labute approximate surface area is 124 Å². The van der Waals surface area contributed by atoms with E-state index in [2.05, 4.69) is 26.1 Å². The summed E-state index contributed by atoms with van der Waals surface area (Å²) in [6, 6.07) is 6.76. The number of hydrogen-bond acceptors (Lipinski definition) is 3. The Kier molecular flexibility index (Phi) is 5.26. The molecule has 4 heteroatoms. The molecule has 2 aromatic rings. The molecule has 2 rings (SSSR count). The summed E-state index contributed by atoms with van der Waals surface area (Å²) in [7, 11) is 0. The van der Waals surface area contributed by atoms with Gasteiger partial charge in [-0.05, 0) is 30.2 Å². The molecule has 0 aliphatic rings. The van der Waals surface area contributed by atoms with Crippen molar-refractivity contribution >= 4 is 11.3 Å². The number of thiazole rings is 1. The Morgan fingerprint density at radius 2 is 2.15 bits per heavy atom. The summed E-state index contributed by atoms with van der Waals surface area (Å²) in [5.41, 5.74) is 2.14. The van der Waals surface area contributed by atoms with Crippen molar-refractivity contribution in [2.45, 2.75) is 39.7 Å². The Bertz CT molecular complexity index is 563. The first-order chi connectivity index (χ1) is 9.60. The second-order valence-corrected chi connectivity index (χ2v) is 6.33. The molecule has 20 heavy (non-hydrogen) atoms. The smallest absolute Gasteiger partial charge is 0.123 e. The number of hydrogen-bond donors (Lipinski definition) is 1. The van der Waals surface area contributed by atoms with Gasteiger partial charge in [-0.3, -0.25) is 0 Å². The Hall–Kier alpha value is -1.26. The molecule has 0 bridgehead atoms. The number of benzene rings is 1. The first-order valence-corrected chi connectivity index (χ1v) is 7.85. The number of halogens is 1. The van der Waals surface area contributed by atoms with Gasteiger partial charge in [0.2, 0.25) is 0 Å². The minimum absolute atomic E-state index is 0.184. The quantitative estimate of drug-likeness (QED) is 0.867. The lowest BCUT2D eigenvalue weighted by atomic mass is 10.1. The molecule has 0 saturated carbocycles. The predicted octanol–water partition coefficient (Wildman–Crippen LogP) is 4.11. The highest BCUT2D eigenvalue weighted by Crippen LogP contribution is 2.26. The molecule has 0 fully saturated rings. The molecule has 0 spiro atoms. The summed E-state index contributed by atoms with van der Waals surface area (Å²) in [4.78, 5) is 6.04. The van der Waals surface area contributed by atoms with Gasteiger partial charge in [-0.1, -0.05) is 32.9 Å². The number of nitrogens with one attached hydrogen (secondary N) is 1. The van der Waals surface area contributed by atoms with Crippen molar-refractivity contribution in [1.82, 2.24) is 10.3 Å². The molecule has 0 saturated heterocycles. The largest absolute Gasteiger partial charge is 0.312 e. The summed E-state index contributed by atoms with van der Waals surface area (Å²) < 4.78 is 13.2. The topological polar surface area (TPSA) is 24.9 Å². The summed E-state index contributed by atoms with van der Waals surface area (Å²) in [5, 5.41) is 4.42. The van der Waals surface area contributed by atoms with Gasteiger partial charge in [0.1, 0.15) is 5.82 Å². The lowest BCUT2D eigenvalue weighted by Crippen LogP contribution is -2.12. The molecule has 1 aromatic heterocycles. The van der Waals surface area contributed by atoms with Crippen LogP contribution < -0.4 is 5.32 Å². The highest BCUT2D eigenvalue weighted by molar-refractivity contribution is 7.11. The minimum atomic E-state index is -0.184. The van der Waals surface area contributed by atoms with Crippen molar-refractivity contribution in [1.29, 1.82) is 0 Å². The van der Waals surface area contributed by atoms with Gasteiger partial charge in [-0.15, -0.1) is 11.3 Å². The lowest BCUT2D eigenvalue weighted by molar-refractivity contribution is 0.626. The third-order valence-electron chi connectivity index (χ3n) is 3.10. The summed E-state index contributed by atoms with van der Waals surface area (Å²) >= 11 is 1.73. The molecule has 0 unspecified atom stereocenters. The maximum Gasteiger partial charge on any atom is 0.123 e. The van der Waals surface area contributed by atoms with Crippen molar-refractivity contribution in [2.75, 3.05) is 6.54 Å². The van der Waals surface area contributed by atoms with Gasteiger partial charge in [0, 0.05) is 17.8 Å². The molecule has 2 nitrogen and oxygen atoms in total. The van der Waals surface area contributed by atoms with E-state index in [0.29, 0.717) is 12.3 Å². The van der Waals surface area contributed by atoms with Crippen LogP contribution in [0, 0.1) is 5.82 Å². The van der Waals surface area contributed by atoms with Crippen molar-refractivity contribution < 1.29 is 4.39 Å². The van der Waals surface area contributed by atoms with Crippen LogP contribution in [0.5, 0.6) is 0 Å². The Balaban J connectivity index is 2.19. The van der Waals surface area contributed by atoms with Gasteiger partial charge < -0.3 is 5.32 Å². The molecule has 1 heterocycles. The van der Waals surface area contributed by atoms with Crippen LogP contribution in [-0.4, -0.2) is 11.5 Å². The fourth-order valence-corrected chi connectivity index (χ4v) is 3.35. The normalized spacial score (nSPS) is 11.2. The maximum absolute atomic E-state index is 13.2. The summed E-state index contributed by atoms with van der Waals surface area (Å²) in [6.45, 7) is 8.25. The first-order valence-electron chi connectivity index (χ1n) is 7.03. The van der Waals surface area contributed by atoms with Crippen molar-refractivity contribution in [2.24, 2.45) is 0 Å². The fourth-order valence-electron chi connectivity index (χ4n) is 2.13. The van der Waals surface area contributed by atoms with E-state index < -0.39 is 0 Å². The van der Waals surface area contributed by atoms with E-state index in [4.69, 9.17) is 4.98 Å². The third kappa shape index (κ3) is 3.87. The van der Waals surface area contributed by atoms with Crippen LogP contribution in [0.3, 0.4) is 0 Å². The number of aromatic nitrogens is 1. The molecule has 0 atom stereocenters. The van der Waals surface area contributed by atoms with E-state index in [1.54, 1.807) is 23.5 Å². The predicted molar refractivity (Wildman–Crippen MR) is 82.8 cm³/mol. The monoisotopic (exact) mass is 292 g/mol. The lowest BCUT2D eigenvalue weighted by Gasteiger charge is -2.04. The average Bonchev–Trinajstić information content (AvgIpc) is 2.79. The van der Waals surface area contributed by atoms with E-state index >= 15 is 0 Å². The molecule has 1 aromatic carbocycles. The second-order valence-electron chi connectivity index (χ2n) is 5.16. The van der Waals surface area contributed by atoms with E-state index in [9.17, 15) is 4.39 Å². The molecule has 108 valence electrons. The zero-order valence-corrected chi connectivity index (χ0v) is 13.1. The number of rotatable bonds is 6. The standard InChI is InChI=1S/C16H21FN2S/c1-4-18-10-14-16(11(2)3)19-15(20-14)9-12-6-5-7-13(17)8-12/h5-8,11,18H,4,9-10H2,1-3H3. The van der Waals surface area contributed by atoms with Crippen LogP contribution in [0.4, 0.5) is 4.39 Å². The first kappa shape index (κ1) is 15.1. The Morgan fingerprint density at radius 1 is 1.35 bits per heavy atom. The highest BCUT2D eigenvalue weighted by Gasteiger charge is 2.14. The third-order valence-corrected chi connectivity index (χ3v) is 4.17. The van der Waals surface area contributed by atoms with E-state index in [1.807, 2.05) is 6.07 Å². The van der Waals surface area contributed by atoms with Crippen LogP contribution in [-0.2, 0) is 13.0 Å². The SMILES string of the molecule is CCNCc1sc(Cc2cccc(F)c2)nc1C(C)C. The zero-order valence-electron chi connectivity index (χ0n) is 12.2. The van der Waals surface area contributed by atoms with Gasteiger partial charge in [0.15, 0.2) is 0 Å². The Morgan fingerprint density at radius 3 is 2.80 bits per heavy atom. The van der Waals surface area contributed by atoms with Crippen molar-refractivity contribution in [3.63, 3.8) is 0 Å². The minimum Gasteiger partial charge on any atom is -0.312 e. The molecule has 0 radical (unpaired) electrons. The van der Waals surface area contributed by atoms with E-state index in [0.717, 1.165) is 23.7 Å². The van der Waals surface area contributed by atoms with Crippen molar-refractivity contribution in [3.05, 3.63) is 51.2 Å². The van der Waals surface area contributed by atoms with E-state index in [1.165, 1.54) is 16.6 Å². The summed E-state index contributed by atoms with van der Waals surface area (Å²) in [6.07, 6.45) is 0.703.